The zero-order chi connectivity index (χ0) is 17.5. The van der Waals surface area contributed by atoms with Crippen LogP contribution in [0, 0.1) is 6.92 Å². The van der Waals surface area contributed by atoms with Gasteiger partial charge in [0.15, 0.2) is 0 Å². The maximum Gasteiger partial charge on any atom is 0.200 e. The second kappa shape index (κ2) is 5.91. The zero-order valence-electron chi connectivity index (χ0n) is 14.4. The quantitative estimate of drug-likeness (QED) is 0.547. The van der Waals surface area contributed by atoms with Crippen molar-refractivity contribution in [3.8, 4) is 0 Å². The van der Waals surface area contributed by atoms with E-state index in [0.29, 0.717) is 0 Å². The number of para-hydroxylation sites is 1. The van der Waals surface area contributed by atoms with E-state index in [1.807, 2.05) is 25.1 Å². The summed E-state index contributed by atoms with van der Waals surface area (Å²) in [7, 11) is 0. The molecule has 0 aliphatic carbocycles. The fraction of sp³-hybridized carbons (Fsp3) is 0.278. The fourth-order valence-electron chi connectivity index (χ4n) is 3.57. The molecule has 4 heterocycles. The van der Waals surface area contributed by atoms with Gasteiger partial charge in [-0.25, -0.2) is 9.97 Å². The third kappa shape index (κ3) is 2.42. The average molecular weight is 346 g/mol. The van der Waals surface area contributed by atoms with Gasteiger partial charge in [0.1, 0.15) is 18.5 Å². The fourth-order valence-corrected chi connectivity index (χ4v) is 3.57. The number of fused-ring (bicyclic) bond motifs is 2. The van der Waals surface area contributed by atoms with Crippen molar-refractivity contribution in [3.05, 3.63) is 48.7 Å². The lowest BCUT2D eigenvalue weighted by Crippen LogP contribution is -2.47. The summed E-state index contributed by atoms with van der Waals surface area (Å²) in [6.45, 7) is 5.56. The predicted octanol–water partition coefficient (Wildman–Crippen LogP) is 1.70. The molecule has 1 fully saturated rings. The minimum atomic E-state index is 0.802. The average Bonchev–Trinajstić information content (AvgIpc) is 3.15. The molecule has 8 heteroatoms. The van der Waals surface area contributed by atoms with E-state index in [4.69, 9.17) is 0 Å². The number of aryl methyl sites for hydroxylation is 1. The molecular formula is C18H18N8. The van der Waals surface area contributed by atoms with Crippen molar-refractivity contribution < 1.29 is 0 Å². The number of rotatable bonds is 2. The van der Waals surface area contributed by atoms with Gasteiger partial charge in [0, 0.05) is 31.6 Å². The van der Waals surface area contributed by atoms with Crippen LogP contribution in [0.2, 0.25) is 0 Å². The molecule has 0 atom stereocenters. The third-order valence-corrected chi connectivity index (χ3v) is 4.81. The number of anilines is 2. The number of hydrogen-bond acceptors (Lipinski definition) is 7. The van der Waals surface area contributed by atoms with E-state index in [2.05, 4.69) is 47.2 Å². The minimum Gasteiger partial charge on any atom is -0.365 e. The number of nitrogens with zero attached hydrogens (tertiary/aromatic N) is 8. The zero-order valence-corrected chi connectivity index (χ0v) is 14.4. The van der Waals surface area contributed by atoms with Crippen molar-refractivity contribution >= 4 is 28.1 Å². The molecule has 0 spiro atoms. The highest BCUT2D eigenvalue weighted by atomic mass is 15.4. The second-order valence-electron chi connectivity index (χ2n) is 6.46. The first-order chi connectivity index (χ1) is 12.8. The van der Waals surface area contributed by atoms with Crippen LogP contribution in [0.5, 0.6) is 0 Å². The summed E-state index contributed by atoms with van der Waals surface area (Å²) in [6, 6.07) is 10.2. The van der Waals surface area contributed by atoms with Gasteiger partial charge in [-0.2, -0.15) is 9.61 Å². The van der Waals surface area contributed by atoms with Crippen LogP contribution >= 0.6 is 0 Å². The Morgan fingerprint density at radius 2 is 1.77 bits per heavy atom. The molecule has 0 radical (unpaired) electrons. The maximum atomic E-state index is 4.54. The maximum absolute atomic E-state index is 4.54. The molecule has 26 heavy (non-hydrogen) atoms. The molecule has 130 valence electrons. The van der Waals surface area contributed by atoms with Crippen molar-refractivity contribution in [2.24, 2.45) is 0 Å². The first kappa shape index (κ1) is 15.0. The molecule has 0 saturated carbocycles. The largest absolute Gasteiger partial charge is 0.365 e. The van der Waals surface area contributed by atoms with Crippen LogP contribution in [-0.2, 0) is 0 Å². The topological polar surface area (TPSA) is 75.3 Å². The van der Waals surface area contributed by atoms with Gasteiger partial charge in [-0.3, -0.25) is 0 Å². The molecule has 3 aromatic heterocycles. The number of aromatic nitrogens is 6. The van der Waals surface area contributed by atoms with Crippen LogP contribution in [0.15, 0.2) is 43.0 Å². The molecule has 0 amide bonds. The van der Waals surface area contributed by atoms with Crippen LogP contribution in [-0.4, -0.2) is 56.0 Å². The molecular weight excluding hydrogens is 328 g/mol. The Morgan fingerprint density at radius 3 is 2.65 bits per heavy atom. The van der Waals surface area contributed by atoms with Gasteiger partial charge in [-0.05, 0) is 25.1 Å². The summed E-state index contributed by atoms with van der Waals surface area (Å²) in [4.78, 5) is 13.6. The second-order valence-corrected chi connectivity index (χ2v) is 6.46. The molecule has 4 aromatic rings. The van der Waals surface area contributed by atoms with E-state index >= 15 is 0 Å². The van der Waals surface area contributed by atoms with Gasteiger partial charge in [0.2, 0.25) is 5.65 Å². The summed E-state index contributed by atoms with van der Waals surface area (Å²) >= 11 is 0. The number of hydrogen-bond donors (Lipinski definition) is 0. The lowest BCUT2D eigenvalue weighted by Gasteiger charge is -2.37. The van der Waals surface area contributed by atoms with Gasteiger partial charge < -0.3 is 9.80 Å². The van der Waals surface area contributed by atoms with Crippen molar-refractivity contribution in [1.82, 2.24) is 29.8 Å². The lowest BCUT2D eigenvalue weighted by atomic mass is 10.2. The minimum absolute atomic E-state index is 0.802. The first-order valence-corrected chi connectivity index (χ1v) is 8.67. The Kier molecular flexibility index (Phi) is 3.41. The van der Waals surface area contributed by atoms with E-state index in [0.717, 1.165) is 59.9 Å². The summed E-state index contributed by atoms with van der Waals surface area (Å²) in [5.41, 5.74) is 3.82. The summed E-state index contributed by atoms with van der Waals surface area (Å²) in [5, 5.41) is 13.7. The smallest absolute Gasteiger partial charge is 0.200 e. The van der Waals surface area contributed by atoms with Gasteiger partial charge in [-0.15, -0.1) is 10.2 Å². The van der Waals surface area contributed by atoms with E-state index < -0.39 is 0 Å². The van der Waals surface area contributed by atoms with E-state index in [1.165, 1.54) is 0 Å². The monoisotopic (exact) mass is 346 g/mol. The molecule has 5 rings (SSSR count). The molecule has 0 bridgehead atoms. The summed E-state index contributed by atoms with van der Waals surface area (Å²) in [6.07, 6.45) is 3.30. The first-order valence-electron chi connectivity index (χ1n) is 8.67. The highest BCUT2D eigenvalue weighted by Crippen LogP contribution is 2.26. The van der Waals surface area contributed by atoms with Crippen LogP contribution in [0.4, 0.5) is 11.5 Å². The molecule has 1 aromatic carbocycles. The van der Waals surface area contributed by atoms with Crippen molar-refractivity contribution in [1.29, 1.82) is 0 Å². The molecule has 1 aliphatic heterocycles. The van der Waals surface area contributed by atoms with Crippen molar-refractivity contribution in [2.75, 3.05) is 36.0 Å². The Labute approximate surface area is 150 Å². The summed E-state index contributed by atoms with van der Waals surface area (Å²) in [5.74, 6) is 1.01. The van der Waals surface area contributed by atoms with Gasteiger partial charge in [0.25, 0.3) is 0 Å². The van der Waals surface area contributed by atoms with Crippen LogP contribution in [0.25, 0.3) is 16.6 Å². The third-order valence-electron chi connectivity index (χ3n) is 4.81. The van der Waals surface area contributed by atoms with Gasteiger partial charge in [-0.1, -0.05) is 12.1 Å². The Bertz CT molecular complexity index is 1080. The number of piperazine rings is 1. The predicted molar refractivity (Wildman–Crippen MR) is 99.5 cm³/mol. The van der Waals surface area contributed by atoms with Gasteiger partial charge >= 0.3 is 0 Å². The normalized spacial score (nSPS) is 15.1. The van der Waals surface area contributed by atoms with Gasteiger partial charge in [0.05, 0.1) is 16.9 Å². The van der Waals surface area contributed by atoms with Crippen LogP contribution in [0.3, 0.4) is 0 Å². The Hall–Kier alpha value is -3.29. The lowest BCUT2D eigenvalue weighted by molar-refractivity contribution is 0.647. The molecule has 0 unspecified atom stereocenters. The van der Waals surface area contributed by atoms with Crippen molar-refractivity contribution in [3.63, 3.8) is 0 Å². The van der Waals surface area contributed by atoms with E-state index in [9.17, 15) is 0 Å². The van der Waals surface area contributed by atoms with Crippen molar-refractivity contribution in [2.45, 2.75) is 6.92 Å². The van der Waals surface area contributed by atoms with Crippen LogP contribution < -0.4 is 9.80 Å². The van der Waals surface area contributed by atoms with E-state index in [-0.39, 0.29) is 0 Å². The molecule has 0 N–H and O–H groups in total. The highest BCUT2D eigenvalue weighted by Gasteiger charge is 2.22. The number of benzene rings is 1. The molecule has 8 nitrogen and oxygen atoms in total. The summed E-state index contributed by atoms with van der Waals surface area (Å²) < 4.78 is 1.75. The molecule has 1 aliphatic rings. The highest BCUT2D eigenvalue weighted by molar-refractivity contribution is 5.89. The standard InChI is InChI=1S/C18H18N8/c1-13-10-16(18-22-21-12-26(18)23-13)24-6-8-25(9-7-24)17-14-4-2-3-5-15(14)19-11-20-17/h2-5,10-12H,6-9H2,1H3. The molecule has 1 saturated heterocycles. The Balaban J connectivity index is 1.43. The van der Waals surface area contributed by atoms with E-state index in [1.54, 1.807) is 17.2 Å². The van der Waals surface area contributed by atoms with Crippen LogP contribution in [0.1, 0.15) is 5.69 Å². The Morgan fingerprint density at radius 1 is 0.962 bits per heavy atom. The SMILES string of the molecule is Cc1cc(N2CCN(c3ncnc4ccccc34)CC2)c2nncn2n1.